The molecule has 0 saturated carbocycles. The Kier molecular flexibility index (Phi) is 3.91. The topological polar surface area (TPSA) is 66.9 Å². The minimum atomic E-state index is -0.986. The van der Waals surface area contributed by atoms with Gasteiger partial charge >= 0.3 is 0 Å². The number of ketones is 1. The number of hydrogen-bond donors (Lipinski definition) is 0. The summed E-state index contributed by atoms with van der Waals surface area (Å²) >= 11 is 1.53. The Labute approximate surface area is 143 Å². The van der Waals surface area contributed by atoms with E-state index in [1.165, 1.54) is 41.0 Å². The van der Waals surface area contributed by atoms with E-state index in [0.29, 0.717) is 16.0 Å². The molecule has 0 fully saturated rings. The molecule has 1 atom stereocenters. The smallest absolute Gasteiger partial charge is 0.220 e. The molecule has 0 bridgehead atoms. The van der Waals surface area contributed by atoms with Gasteiger partial charge in [-0.3, -0.25) is 4.79 Å². The molecule has 0 aliphatic heterocycles. The van der Waals surface area contributed by atoms with Crippen molar-refractivity contribution in [3.8, 4) is 6.07 Å². The highest BCUT2D eigenvalue weighted by Gasteiger charge is 2.29. The van der Waals surface area contributed by atoms with Crippen molar-refractivity contribution in [3.63, 3.8) is 0 Å². The van der Waals surface area contributed by atoms with Gasteiger partial charge in [-0.15, -0.1) is 11.3 Å². The largest absolute Gasteiger partial charge is 0.439 e. The van der Waals surface area contributed by atoms with E-state index in [1.54, 1.807) is 6.07 Å². The molecular weight excluding hydrogens is 320 g/mol. The van der Waals surface area contributed by atoms with Crippen LogP contribution in [-0.2, 0) is 12.8 Å². The monoisotopic (exact) mass is 336 g/mol. The lowest BCUT2D eigenvalue weighted by Crippen LogP contribution is -2.10. The molecule has 2 heterocycles. The molecule has 0 saturated heterocycles. The van der Waals surface area contributed by atoms with Crippen molar-refractivity contribution >= 4 is 28.2 Å². The molecule has 0 unspecified atom stereocenters. The minimum absolute atomic E-state index is 0.187. The van der Waals surface area contributed by atoms with Gasteiger partial charge in [0, 0.05) is 4.88 Å². The predicted octanol–water partition coefficient (Wildman–Crippen LogP) is 4.65. The number of nitriles is 1. The van der Waals surface area contributed by atoms with Crippen LogP contribution in [0.1, 0.15) is 51.2 Å². The maximum Gasteiger partial charge on any atom is 0.220 e. The van der Waals surface area contributed by atoms with E-state index in [9.17, 15) is 10.1 Å². The first-order valence-corrected chi connectivity index (χ1v) is 8.99. The Bertz CT molecular complexity index is 891. The van der Waals surface area contributed by atoms with Crippen molar-refractivity contribution in [3.05, 3.63) is 51.5 Å². The Morgan fingerprint density at radius 3 is 2.92 bits per heavy atom. The molecule has 2 aromatic heterocycles. The van der Waals surface area contributed by atoms with Gasteiger partial charge < -0.3 is 4.42 Å². The number of Topliss-reactive ketones (excluding diaryl/α,β-unsaturated/α-hetero) is 1. The van der Waals surface area contributed by atoms with Crippen LogP contribution < -0.4 is 0 Å². The quantitative estimate of drug-likeness (QED) is 0.516. The zero-order valence-corrected chi connectivity index (χ0v) is 13.9. The maximum atomic E-state index is 12.8. The Hall–Kier alpha value is -2.45. The Morgan fingerprint density at radius 2 is 2.08 bits per heavy atom. The van der Waals surface area contributed by atoms with Gasteiger partial charge in [0.25, 0.3) is 0 Å². The summed E-state index contributed by atoms with van der Waals surface area (Å²) in [6.45, 7) is 0. The summed E-state index contributed by atoms with van der Waals surface area (Å²) in [5.74, 6) is -1.01. The molecule has 5 heteroatoms. The van der Waals surface area contributed by atoms with Gasteiger partial charge in [0.1, 0.15) is 5.52 Å². The summed E-state index contributed by atoms with van der Waals surface area (Å²) in [5, 5.41) is 9.52. The maximum absolute atomic E-state index is 12.8. The summed E-state index contributed by atoms with van der Waals surface area (Å²) in [5.41, 5.74) is 2.54. The molecule has 0 spiro atoms. The van der Waals surface area contributed by atoms with Crippen LogP contribution >= 0.6 is 11.3 Å². The molecule has 0 amide bonds. The second-order valence-electron chi connectivity index (χ2n) is 6.07. The minimum Gasteiger partial charge on any atom is -0.439 e. The second kappa shape index (κ2) is 6.21. The Morgan fingerprint density at radius 1 is 1.25 bits per heavy atom. The summed E-state index contributed by atoms with van der Waals surface area (Å²) in [7, 11) is 0. The van der Waals surface area contributed by atoms with E-state index in [1.807, 2.05) is 24.3 Å². The SMILES string of the molecule is N#C[C@@H](C(=O)c1cc2c(s1)CCCCC2)c1nc2ccccc2o1. The van der Waals surface area contributed by atoms with Crippen LogP contribution in [0.2, 0.25) is 0 Å². The zero-order valence-electron chi connectivity index (χ0n) is 13.1. The highest BCUT2D eigenvalue weighted by Crippen LogP contribution is 2.32. The average Bonchev–Trinajstić information content (AvgIpc) is 3.13. The van der Waals surface area contributed by atoms with Crippen molar-refractivity contribution in [1.82, 2.24) is 4.98 Å². The van der Waals surface area contributed by atoms with Gasteiger partial charge in [-0.25, -0.2) is 4.98 Å². The molecule has 1 aliphatic rings. The van der Waals surface area contributed by atoms with Crippen molar-refractivity contribution < 1.29 is 9.21 Å². The number of oxazole rings is 1. The normalized spacial score (nSPS) is 15.5. The predicted molar refractivity (Wildman–Crippen MR) is 92.3 cm³/mol. The average molecular weight is 336 g/mol. The van der Waals surface area contributed by atoms with Gasteiger partial charge in [-0.2, -0.15) is 5.26 Å². The highest BCUT2D eigenvalue weighted by atomic mass is 32.1. The number of hydrogen-bond acceptors (Lipinski definition) is 5. The zero-order chi connectivity index (χ0) is 16.5. The van der Waals surface area contributed by atoms with Crippen LogP contribution in [0.15, 0.2) is 34.7 Å². The summed E-state index contributed by atoms with van der Waals surface area (Å²) in [4.78, 5) is 19.1. The van der Waals surface area contributed by atoms with Crippen LogP contribution in [0.25, 0.3) is 11.1 Å². The highest BCUT2D eigenvalue weighted by molar-refractivity contribution is 7.14. The molecule has 24 heavy (non-hydrogen) atoms. The fourth-order valence-corrected chi connectivity index (χ4v) is 4.39. The second-order valence-corrected chi connectivity index (χ2v) is 7.20. The first kappa shape index (κ1) is 15.1. The molecular formula is C19H16N2O2S. The van der Waals surface area contributed by atoms with Gasteiger partial charge in [-0.1, -0.05) is 18.6 Å². The van der Waals surface area contributed by atoms with E-state index in [4.69, 9.17) is 4.42 Å². The lowest BCUT2D eigenvalue weighted by Gasteiger charge is -2.01. The number of aryl methyl sites for hydroxylation is 2. The third-order valence-electron chi connectivity index (χ3n) is 4.44. The Balaban J connectivity index is 1.68. The summed E-state index contributed by atoms with van der Waals surface area (Å²) < 4.78 is 5.64. The van der Waals surface area contributed by atoms with E-state index in [2.05, 4.69) is 11.1 Å². The summed E-state index contributed by atoms with van der Waals surface area (Å²) in [6, 6.07) is 11.3. The first-order valence-electron chi connectivity index (χ1n) is 8.17. The molecule has 4 nitrogen and oxygen atoms in total. The number of carbonyl (C=O) groups is 1. The number of rotatable bonds is 3. The number of para-hydroxylation sites is 2. The number of fused-ring (bicyclic) bond motifs is 2. The van der Waals surface area contributed by atoms with Crippen molar-refractivity contribution in [1.29, 1.82) is 5.26 Å². The fourth-order valence-electron chi connectivity index (χ4n) is 3.17. The van der Waals surface area contributed by atoms with Gasteiger partial charge in [-0.05, 0) is 49.4 Å². The number of carbonyl (C=O) groups excluding carboxylic acids is 1. The third kappa shape index (κ3) is 2.63. The number of benzene rings is 1. The van der Waals surface area contributed by atoms with Crippen molar-refractivity contribution in [2.75, 3.05) is 0 Å². The molecule has 1 aromatic carbocycles. The standard InChI is InChI=1S/C19H16N2O2S/c20-11-13(19-21-14-7-4-5-8-15(14)23-19)18(22)17-10-12-6-2-1-3-9-16(12)24-17/h4-5,7-8,10,13H,1-3,6,9H2/t13-/m0/s1. The van der Waals surface area contributed by atoms with E-state index < -0.39 is 5.92 Å². The van der Waals surface area contributed by atoms with Gasteiger partial charge in [0.2, 0.25) is 5.89 Å². The van der Waals surface area contributed by atoms with Crippen LogP contribution in [0, 0.1) is 11.3 Å². The third-order valence-corrected chi connectivity index (χ3v) is 5.69. The number of thiophene rings is 1. The lowest BCUT2D eigenvalue weighted by molar-refractivity contribution is 0.0974. The van der Waals surface area contributed by atoms with Gasteiger partial charge in [0.05, 0.1) is 10.9 Å². The molecule has 0 radical (unpaired) electrons. The molecule has 120 valence electrons. The van der Waals surface area contributed by atoms with Crippen molar-refractivity contribution in [2.24, 2.45) is 0 Å². The lowest BCUT2D eigenvalue weighted by atomic mass is 10.0. The molecule has 0 N–H and O–H groups in total. The molecule has 4 rings (SSSR count). The van der Waals surface area contributed by atoms with E-state index in [-0.39, 0.29) is 11.7 Å². The van der Waals surface area contributed by atoms with Crippen LogP contribution in [0.5, 0.6) is 0 Å². The first-order chi connectivity index (χ1) is 11.8. The fraction of sp³-hybridized carbons (Fsp3) is 0.316. The van der Waals surface area contributed by atoms with Crippen LogP contribution in [0.3, 0.4) is 0 Å². The number of nitrogens with zero attached hydrogens (tertiary/aromatic N) is 2. The van der Waals surface area contributed by atoms with Crippen LogP contribution in [0.4, 0.5) is 0 Å². The molecule has 3 aromatic rings. The summed E-state index contributed by atoms with van der Waals surface area (Å²) in [6.07, 6.45) is 5.65. The van der Waals surface area contributed by atoms with Crippen molar-refractivity contribution in [2.45, 2.75) is 38.0 Å². The van der Waals surface area contributed by atoms with Crippen LogP contribution in [-0.4, -0.2) is 10.8 Å². The van der Waals surface area contributed by atoms with E-state index >= 15 is 0 Å². The molecule has 1 aliphatic carbocycles. The van der Waals surface area contributed by atoms with Gasteiger partial charge in [0.15, 0.2) is 17.3 Å². The number of aromatic nitrogens is 1. The van der Waals surface area contributed by atoms with E-state index in [0.717, 1.165) is 12.8 Å².